The maximum absolute atomic E-state index is 5.98. The third-order valence-corrected chi connectivity index (χ3v) is 5.27. The van der Waals surface area contributed by atoms with Crippen molar-refractivity contribution in [2.75, 3.05) is 0 Å². The first-order valence-corrected chi connectivity index (χ1v) is 10.7. The molecule has 0 amide bonds. The molecule has 0 aliphatic heterocycles. The van der Waals surface area contributed by atoms with Crippen molar-refractivity contribution in [2.24, 2.45) is 0 Å². The van der Waals surface area contributed by atoms with Gasteiger partial charge in [0.05, 0.1) is 12.5 Å². The van der Waals surface area contributed by atoms with E-state index in [0.717, 1.165) is 0 Å². The second-order valence-electron chi connectivity index (χ2n) is 7.50. The molecule has 7 heteroatoms. The van der Waals surface area contributed by atoms with Crippen molar-refractivity contribution in [1.82, 2.24) is 0 Å². The molecular weight excluding hydrogens is 448 g/mol. The number of hydrogen-bond acceptors (Lipinski definition) is 7. The van der Waals surface area contributed by atoms with E-state index < -0.39 is 0 Å². The van der Waals surface area contributed by atoms with E-state index >= 15 is 0 Å². The zero-order valence-electron chi connectivity index (χ0n) is 18.4. The van der Waals surface area contributed by atoms with E-state index in [-0.39, 0.29) is 0 Å². The van der Waals surface area contributed by atoms with Gasteiger partial charge in [-0.1, -0.05) is 13.2 Å². The zero-order valence-corrected chi connectivity index (χ0v) is 18.4. The highest BCUT2D eigenvalue weighted by Gasteiger charge is 2.18. The summed E-state index contributed by atoms with van der Waals surface area (Å²) < 4.78 is 40.0. The van der Waals surface area contributed by atoms with Crippen molar-refractivity contribution in [3.8, 4) is 57.6 Å². The van der Waals surface area contributed by atoms with Crippen LogP contribution in [0.5, 0.6) is 0 Å². The average Bonchev–Trinajstić information content (AvgIpc) is 3.71. The number of hydrogen-bond donors (Lipinski definition) is 0. The van der Waals surface area contributed by atoms with E-state index in [2.05, 4.69) is 13.2 Å². The van der Waals surface area contributed by atoms with Gasteiger partial charge in [-0.05, 0) is 72.8 Å². The van der Waals surface area contributed by atoms with Gasteiger partial charge in [0.1, 0.15) is 0 Å². The number of furan rings is 6. The minimum Gasteiger partial charge on any atom is -0.462 e. The minimum absolute atomic E-state index is 0.360. The molecule has 0 aliphatic rings. The van der Waals surface area contributed by atoms with Crippen LogP contribution < -0.4 is 0 Å². The lowest BCUT2D eigenvalue weighted by Gasteiger charge is -1.99. The Hall–Kier alpha value is -5.04. The van der Waals surface area contributed by atoms with Crippen LogP contribution in [0, 0.1) is 0 Å². The fourth-order valence-electron chi connectivity index (χ4n) is 3.61. The molecule has 0 aromatic carbocycles. The molecule has 172 valence electrons. The van der Waals surface area contributed by atoms with Crippen molar-refractivity contribution in [3.05, 3.63) is 104 Å². The van der Waals surface area contributed by atoms with Crippen LogP contribution in [-0.4, -0.2) is 0 Å². The largest absolute Gasteiger partial charge is 0.462 e. The zero-order chi connectivity index (χ0) is 23.8. The SMILES string of the molecule is C=COC(=C)c1ccc(-c2ccc(-c3ccc(-c4ccc(-c5ccc(-c6ccco6)o5)o4)o3)o2)o1. The number of rotatable bonds is 8. The molecule has 0 unspecified atom stereocenters. The van der Waals surface area contributed by atoms with Gasteiger partial charge in [-0.15, -0.1) is 0 Å². The van der Waals surface area contributed by atoms with Gasteiger partial charge in [-0.3, -0.25) is 0 Å². The van der Waals surface area contributed by atoms with Gasteiger partial charge in [-0.25, -0.2) is 0 Å². The standard InChI is InChI=1S/C28H18O7/c1-3-29-17(2)18-6-7-21(31-18)22-10-11-25(33-22)26-14-15-28(35-26)27-13-12-24(34-27)23-9-8-20(32-23)19-5-4-16-30-19/h3-16H,1-2H2. The molecule has 6 aromatic rings. The van der Waals surface area contributed by atoms with Gasteiger partial charge in [0.2, 0.25) is 0 Å². The summed E-state index contributed by atoms with van der Waals surface area (Å²) in [7, 11) is 0. The van der Waals surface area contributed by atoms with E-state index in [1.54, 1.807) is 30.5 Å². The fraction of sp³-hybridized carbons (Fsp3) is 0. The molecule has 0 spiro atoms. The third-order valence-electron chi connectivity index (χ3n) is 5.27. The van der Waals surface area contributed by atoms with Crippen molar-refractivity contribution in [2.45, 2.75) is 0 Å². The maximum atomic E-state index is 5.98. The molecule has 35 heavy (non-hydrogen) atoms. The Bertz CT molecular complexity index is 1610. The monoisotopic (exact) mass is 466 g/mol. The Morgan fingerprint density at radius 2 is 0.943 bits per heavy atom. The summed E-state index contributed by atoms with van der Waals surface area (Å²) in [5.41, 5.74) is 0. The van der Waals surface area contributed by atoms with Gasteiger partial charge in [-0.2, -0.15) is 0 Å². The fourth-order valence-corrected chi connectivity index (χ4v) is 3.61. The van der Waals surface area contributed by atoms with Crippen LogP contribution in [0.2, 0.25) is 0 Å². The van der Waals surface area contributed by atoms with E-state index in [1.165, 1.54) is 6.26 Å². The Labute approximate surface area is 199 Å². The molecule has 0 atom stereocenters. The predicted octanol–water partition coefficient (Wildman–Crippen LogP) is 8.71. The van der Waals surface area contributed by atoms with Gasteiger partial charge in [0, 0.05) is 0 Å². The van der Waals surface area contributed by atoms with Crippen LogP contribution in [0.4, 0.5) is 0 Å². The predicted molar refractivity (Wildman–Crippen MR) is 128 cm³/mol. The molecule has 0 N–H and O–H groups in total. The van der Waals surface area contributed by atoms with Crippen molar-refractivity contribution >= 4 is 5.76 Å². The summed E-state index contributed by atoms with van der Waals surface area (Å²) >= 11 is 0. The number of ether oxygens (including phenoxy) is 1. The van der Waals surface area contributed by atoms with Gasteiger partial charge in [0.25, 0.3) is 0 Å². The first kappa shape index (κ1) is 20.6. The lowest BCUT2D eigenvalue weighted by molar-refractivity contribution is 0.411. The summed E-state index contributed by atoms with van der Waals surface area (Å²) in [6.45, 7) is 7.30. The molecule has 0 aliphatic carbocycles. The first-order chi connectivity index (χ1) is 17.2. The lowest BCUT2D eigenvalue weighted by atomic mass is 10.3. The quantitative estimate of drug-likeness (QED) is 0.207. The van der Waals surface area contributed by atoms with Gasteiger partial charge in [0.15, 0.2) is 69.1 Å². The Morgan fingerprint density at radius 3 is 1.34 bits per heavy atom. The Kier molecular flexibility index (Phi) is 4.93. The molecule has 6 rings (SSSR count). The molecule has 0 saturated carbocycles. The summed E-state index contributed by atoms with van der Waals surface area (Å²) in [4.78, 5) is 0. The van der Waals surface area contributed by atoms with E-state index in [0.29, 0.717) is 69.1 Å². The molecular formula is C28H18O7. The molecule has 6 heterocycles. The van der Waals surface area contributed by atoms with Crippen molar-refractivity contribution < 1.29 is 31.2 Å². The van der Waals surface area contributed by atoms with E-state index in [4.69, 9.17) is 31.2 Å². The highest BCUT2D eigenvalue weighted by molar-refractivity contribution is 5.65. The van der Waals surface area contributed by atoms with Crippen LogP contribution >= 0.6 is 0 Å². The average molecular weight is 466 g/mol. The molecule has 7 nitrogen and oxygen atoms in total. The van der Waals surface area contributed by atoms with E-state index in [1.807, 2.05) is 48.5 Å². The van der Waals surface area contributed by atoms with Crippen LogP contribution in [0.25, 0.3) is 63.4 Å². The summed E-state index contributed by atoms with van der Waals surface area (Å²) in [6.07, 6.45) is 2.89. The third kappa shape index (κ3) is 3.85. The summed E-state index contributed by atoms with van der Waals surface area (Å²) in [6, 6.07) is 21.7. The van der Waals surface area contributed by atoms with Gasteiger partial charge < -0.3 is 31.2 Å². The normalized spacial score (nSPS) is 11.1. The minimum atomic E-state index is 0.360. The second kappa shape index (κ2) is 8.39. The first-order valence-electron chi connectivity index (χ1n) is 10.7. The smallest absolute Gasteiger partial charge is 0.170 e. The van der Waals surface area contributed by atoms with Crippen molar-refractivity contribution in [3.63, 3.8) is 0 Å². The van der Waals surface area contributed by atoms with Crippen LogP contribution in [0.3, 0.4) is 0 Å². The molecule has 6 aromatic heterocycles. The molecule has 0 saturated heterocycles. The van der Waals surface area contributed by atoms with Crippen LogP contribution in [-0.2, 0) is 4.74 Å². The van der Waals surface area contributed by atoms with Gasteiger partial charge >= 0.3 is 0 Å². The molecule has 0 bridgehead atoms. The Morgan fingerprint density at radius 1 is 0.543 bits per heavy atom. The van der Waals surface area contributed by atoms with Crippen LogP contribution in [0.1, 0.15) is 5.76 Å². The van der Waals surface area contributed by atoms with Crippen LogP contribution in [0.15, 0.2) is 125 Å². The summed E-state index contributed by atoms with van der Waals surface area (Å²) in [5.74, 6) is 6.57. The second-order valence-corrected chi connectivity index (χ2v) is 7.50. The summed E-state index contributed by atoms with van der Waals surface area (Å²) in [5, 5.41) is 0. The van der Waals surface area contributed by atoms with E-state index in [9.17, 15) is 0 Å². The highest BCUT2D eigenvalue weighted by atomic mass is 16.5. The van der Waals surface area contributed by atoms with Crippen molar-refractivity contribution in [1.29, 1.82) is 0 Å². The topological polar surface area (TPSA) is 88.1 Å². The molecule has 0 fully saturated rings. The maximum Gasteiger partial charge on any atom is 0.170 e. The lowest BCUT2D eigenvalue weighted by Crippen LogP contribution is -1.79. The highest BCUT2D eigenvalue weighted by Crippen LogP contribution is 2.36. The molecule has 0 radical (unpaired) electrons. The Balaban J connectivity index is 1.20.